The third kappa shape index (κ3) is 2.96. The first-order chi connectivity index (χ1) is 10.4. The minimum Gasteiger partial charge on any atom is -0.322 e. The normalized spacial score (nSPS) is 11.8. The topological polar surface area (TPSA) is 55.6 Å². The number of nitrogens with zero attached hydrogens (tertiary/aromatic N) is 4. The predicted molar refractivity (Wildman–Crippen MR) is 76.1 cm³/mol. The van der Waals surface area contributed by atoms with E-state index in [9.17, 15) is 13.2 Å². The van der Waals surface area contributed by atoms with E-state index in [-0.39, 0.29) is 5.82 Å². The van der Waals surface area contributed by atoms with Gasteiger partial charge in [0.05, 0.1) is 15.9 Å². The van der Waals surface area contributed by atoms with E-state index >= 15 is 0 Å². The van der Waals surface area contributed by atoms with Gasteiger partial charge in [0.15, 0.2) is 5.82 Å². The molecule has 0 aromatic carbocycles. The maximum Gasteiger partial charge on any atom is 0.408 e. The summed E-state index contributed by atoms with van der Waals surface area (Å²) in [7, 11) is 0. The smallest absolute Gasteiger partial charge is 0.322 e. The Labute approximate surface area is 127 Å². The zero-order valence-corrected chi connectivity index (χ0v) is 11.7. The van der Waals surface area contributed by atoms with Crippen molar-refractivity contribution in [1.82, 2.24) is 19.7 Å². The number of anilines is 2. The molecule has 0 atom stereocenters. The summed E-state index contributed by atoms with van der Waals surface area (Å²) in [6, 6.07) is 4.73. The van der Waals surface area contributed by atoms with Gasteiger partial charge in [0.25, 0.3) is 0 Å². The Balaban J connectivity index is 2.05. The van der Waals surface area contributed by atoms with E-state index in [1.165, 1.54) is 24.7 Å². The molecule has 0 bridgehead atoms. The molecule has 3 rings (SSSR count). The van der Waals surface area contributed by atoms with E-state index in [1.54, 1.807) is 12.1 Å². The molecule has 0 amide bonds. The molecular weight excluding hydrogens is 319 g/mol. The van der Waals surface area contributed by atoms with E-state index < -0.39 is 12.7 Å². The van der Waals surface area contributed by atoms with E-state index in [2.05, 4.69) is 20.4 Å². The molecule has 0 aliphatic heterocycles. The van der Waals surface area contributed by atoms with Crippen LogP contribution < -0.4 is 5.32 Å². The summed E-state index contributed by atoms with van der Waals surface area (Å²) >= 11 is 5.98. The van der Waals surface area contributed by atoms with Gasteiger partial charge >= 0.3 is 6.18 Å². The van der Waals surface area contributed by atoms with Crippen LogP contribution in [0.1, 0.15) is 0 Å². The number of hydrogen-bond acceptors (Lipinski definition) is 4. The number of rotatable bonds is 3. The molecule has 9 heteroatoms. The van der Waals surface area contributed by atoms with Gasteiger partial charge in [-0.2, -0.15) is 18.3 Å². The Bertz CT molecular complexity index is 815. The van der Waals surface area contributed by atoms with Crippen molar-refractivity contribution in [2.45, 2.75) is 12.7 Å². The number of alkyl halides is 3. The van der Waals surface area contributed by atoms with E-state index in [4.69, 9.17) is 11.6 Å². The van der Waals surface area contributed by atoms with Crippen LogP contribution >= 0.6 is 11.6 Å². The first-order valence-electron chi connectivity index (χ1n) is 6.19. The van der Waals surface area contributed by atoms with Gasteiger partial charge in [0, 0.05) is 18.6 Å². The maximum absolute atomic E-state index is 12.6. The lowest BCUT2D eigenvalue weighted by Gasteiger charge is -2.07. The molecule has 3 aromatic rings. The van der Waals surface area contributed by atoms with Crippen molar-refractivity contribution in [2.75, 3.05) is 5.32 Å². The predicted octanol–water partition coefficient (Wildman–Crippen LogP) is 3.79. The second-order valence-electron chi connectivity index (χ2n) is 4.47. The number of aromatic nitrogens is 4. The minimum atomic E-state index is -4.37. The number of fused-ring (bicyclic) bond motifs is 1. The largest absolute Gasteiger partial charge is 0.408 e. The lowest BCUT2D eigenvalue weighted by Crippen LogP contribution is -2.18. The van der Waals surface area contributed by atoms with Crippen LogP contribution in [0, 0.1) is 0 Å². The standard InChI is InChI=1S/C13H9ClF3N5/c14-9-2-1-4-19-12(9)20-11-8-6-18-5-3-10(8)22(21-11)7-13(15,16)17/h1-6H,7H2,(H,19,20,21). The van der Waals surface area contributed by atoms with Crippen LogP contribution in [0.2, 0.25) is 5.02 Å². The fourth-order valence-corrected chi connectivity index (χ4v) is 2.16. The summed E-state index contributed by atoms with van der Waals surface area (Å²) < 4.78 is 38.8. The Hall–Kier alpha value is -2.35. The van der Waals surface area contributed by atoms with Crippen LogP contribution in [-0.2, 0) is 6.54 Å². The Morgan fingerprint density at radius 3 is 2.73 bits per heavy atom. The van der Waals surface area contributed by atoms with Gasteiger partial charge in [-0.1, -0.05) is 11.6 Å². The van der Waals surface area contributed by atoms with Crippen molar-refractivity contribution in [2.24, 2.45) is 0 Å². The van der Waals surface area contributed by atoms with Crippen LogP contribution in [0.25, 0.3) is 10.9 Å². The summed E-state index contributed by atoms with van der Waals surface area (Å²) in [6.45, 7) is -1.19. The average molecular weight is 328 g/mol. The second kappa shape index (κ2) is 5.45. The Kier molecular flexibility index (Phi) is 3.61. The van der Waals surface area contributed by atoms with Gasteiger partial charge in [-0.25, -0.2) is 4.98 Å². The van der Waals surface area contributed by atoms with Gasteiger partial charge in [0.1, 0.15) is 12.4 Å². The van der Waals surface area contributed by atoms with Gasteiger partial charge in [0.2, 0.25) is 0 Å². The molecule has 3 aromatic heterocycles. The van der Waals surface area contributed by atoms with Crippen molar-refractivity contribution in [3.63, 3.8) is 0 Å². The molecule has 0 radical (unpaired) electrons. The molecule has 0 saturated carbocycles. The number of pyridine rings is 2. The van der Waals surface area contributed by atoms with Crippen molar-refractivity contribution in [3.8, 4) is 0 Å². The molecule has 0 unspecified atom stereocenters. The minimum absolute atomic E-state index is 0.216. The van der Waals surface area contributed by atoms with E-state index in [1.807, 2.05) is 0 Å². The average Bonchev–Trinajstić information content (AvgIpc) is 2.78. The zero-order valence-electron chi connectivity index (χ0n) is 11.0. The zero-order chi connectivity index (χ0) is 15.7. The first-order valence-corrected chi connectivity index (χ1v) is 6.57. The highest BCUT2D eigenvalue weighted by atomic mass is 35.5. The van der Waals surface area contributed by atoms with Crippen LogP contribution in [0.3, 0.4) is 0 Å². The van der Waals surface area contributed by atoms with E-state index in [0.717, 1.165) is 4.68 Å². The van der Waals surface area contributed by atoms with Gasteiger partial charge in [-0.3, -0.25) is 9.67 Å². The van der Waals surface area contributed by atoms with Crippen LogP contribution in [0.15, 0.2) is 36.8 Å². The SMILES string of the molecule is FC(F)(F)Cn1nc(Nc2ncccc2Cl)c2cnccc21. The molecule has 0 saturated heterocycles. The van der Waals surface area contributed by atoms with E-state index in [0.29, 0.717) is 21.7 Å². The molecule has 0 fully saturated rings. The van der Waals surface area contributed by atoms with Crippen molar-refractivity contribution < 1.29 is 13.2 Å². The van der Waals surface area contributed by atoms with Gasteiger partial charge in [-0.15, -0.1) is 0 Å². The fraction of sp³-hybridized carbons (Fsp3) is 0.154. The van der Waals surface area contributed by atoms with Gasteiger partial charge in [-0.05, 0) is 18.2 Å². The lowest BCUT2D eigenvalue weighted by molar-refractivity contribution is -0.141. The highest BCUT2D eigenvalue weighted by molar-refractivity contribution is 6.33. The summed E-state index contributed by atoms with van der Waals surface area (Å²) in [5.41, 5.74) is 0.321. The van der Waals surface area contributed by atoms with Crippen LogP contribution in [0.4, 0.5) is 24.8 Å². The summed E-state index contributed by atoms with van der Waals surface area (Å²) in [6.07, 6.45) is -0.00765. The van der Waals surface area contributed by atoms with Gasteiger partial charge < -0.3 is 5.32 Å². The molecule has 22 heavy (non-hydrogen) atoms. The van der Waals surface area contributed by atoms with Crippen LogP contribution in [-0.4, -0.2) is 25.9 Å². The molecular formula is C13H9ClF3N5. The number of halogens is 4. The summed E-state index contributed by atoms with van der Waals surface area (Å²) in [5, 5.41) is 7.59. The summed E-state index contributed by atoms with van der Waals surface area (Å²) in [4.78, 5) is 7.95. The molecule has 3 heterocycles. The first kappa shape index (κ1) is 14.6. The third-order valence-electron chi connectivity index (χ3n) is 2.88. The van der Waals surface area contributed by atoms with Crippen LogP contribution in [0.5, 0.6) is 0 Å². The Morgan fingerprint density at radius 2 is 2.00 bits per heavy atom. The maximum atomic E-state index is 12.6. The van der Waals surface area contributed by atoms with Crippen molar-refractivity contribution in [1.29, 1.82) is 0 Å². The lowest BCUT2D eigenvalue weighted by atomic mass is 10.3. The summed E-state index contributed by atoms with van der Waals surface area (Å²) in [5.74, 6) is 0.527. The monoisotopic (exact) mass is 327 g/mol. The number of nitrogens with one attached hydrogen (secondary N) is 1. The highest BCUT2D eigenvalue weighted by Crippen LogP contribution is 2.29. The molecule has 1 N–H and O–H groups in total. The second-order valence-corrected chi connectivity index (χ2v) is 4.88. The molecule has 0 aliphatic carbocycles. The number of hydrogen-bond donors (Lipinski definition) is 1. The molecule has 0 spiro atoms. The Morgan fingerprint density at radius 1 is 1.18 bits per heavy atom. The third-order valence-corrected chi connectivity index (χ3v) is 3.18. The molecule has 5 nitrogen and oxygen atoms in total. The van der Waals surface area contributed by atoms with Crippen molar-refractivity contribution >= 4 is 34.1 Å². The quantitative estimate of drug-likeness (QED) is 0.795. The van der Waals surface area contributed by atoms with Crippen molar-refractivity contribution in [3.05, 3.63) is 41.8 Å². The fourth-order valence-electron chi connectivity index (χ4n) is 2.00. The molecule has 114 valence electrons. The molecule has 0 aliphatic rings. The highest BCUT2D eigenvalue weighted by Gasteiger charge is 2.30.